The van der Waals surface area contributed by atoms with Crippen LogP contribution in [0.3, 0.4) is 0 Å². The molecule has 1 aromatic heterocycles. The van der Waals surface area contributed by atoms with Gasteiger partial charge in [-0.15, -0.1) is 0 Å². The molecule has 0 atom stereocenters. The first kappa shape index (κ1) is 22.7. The minimum Gasteiger partial charge on any atom is -0.377 e. The van der Waals surface area contributed by atoms with Crippen LogP contribution < -0.4 is 10.6 Å². The normalized spacial score (nSPS) is 16.8. The molecule has 0 unspecified atom stereocenters. The summed E-state index contributed by atoms with van der Waals surface area (Å²) in [7, 11) is 3.88. The number of nitrogens with zero attached hydrogens (tertiary/aromatic N) is 4. The van der Waals surface area contributed by atoms with Crippen molar-refractivity contribution in [1.82, 2.24) is 25.3 Å². The van der Waals surface area contributed by atoms with Crippen LogP contribution in [-0.4, -0.2) is 66.1 Å². The van der Waals surface area contributed by atoms with Crippen molar-refractivity contribution in [3.05, 3.63) is 17.0 Å². The van der Waals surface area contributed by atoms with Crippen LogP contribution in [0.4, 0.5) is 0 Å². The molecule has 1 aliphatic rings. The molecule has 0 bridgehead atoms. The molecule has 160 valence electrons. The van der Waals surface area contributed by atoms with Gasteiger partial charge in [-0.05, 0) is 39.5 Å². The monoisotopic (exact) mass is 392 g/mol. The lowest BCUT2D eigenvalue weighted by Gasteiger charge is -2.33. The Hall–Kier alpha value is -1.60. The predicted molar refractivity (Wildman–Crippen MR) is 116 cm³/mol. The summed E-state index contributed by atoms with van der Waals surface area (Å²) in [5.74, 6) is 0.884. The largest absolute Gasteiger partial charge is 0.377 e. The first-order chi connectivity index (χ1) is 13.5. The number of ether oxygens (including phenoxy) is 1. The van der Waals surface area contributed by atoms with Crippen LogP contribution in [0.15, 0.2) is 4.99 Å². The van der Waals surface area contributed by atoms with Crippen LogP contribution in [0.2, 0.25) is 0 Å². The van der Waals surface area contributed by atoms with E-state index in [0.717, 1.165) is 64.4 Å². The van der Waals surface area contributed by atoms with Crippen molar-refractivity contribution in [2.75, 3.05) is 33.3 Å². The van der Waals surface area contributed by atoms with E-state index in [4.69, 9.17) is 4.74 Å². The molecule has 0 aliphatic carbocycles. The molecule has 2 N–H and O–H groups in total. The fourth-order valence-corrected chi connectivity index (χ4v) is 3.87. The van der Waals surface area contributed by atoms with Crippen molar-refractivity contribution in [3.63, 3.8) is 0 Å². The molecular formula is C21H40N6O. The lowest BCUT2D eigenvalue weighted by molar-refractivity contribution is 0.0532. The van der Waals surface area contributed by atoms with Crippen molar-refractivity contribution in [1.29, 1.82) is 0 Å². The minimum absolute atomic E-state index is 0.315. The van der Waals surface area contributed by atoms with E-state index in [0.29, 0.717) is 12.1 Å². The summed E-state index contributed by atoms with van der Waals surface area (Å²) in [6.07, 6.45) is 4.53. The summed E-state index contributed by atoms with van der Waals surface area (Å²) in [5, 5.41) is 11.8. The predicted octanol–water partition coefficient (Wildman–Crippen LogP) is 2.10. The van der Waals surface area contributed by atoms with Gasteiger partial charge in [0.05, 0.1) is 18.4 Å². The molecule has 0 spiro atoms. The fraction of sp³-hybridized carbons (Fsp3) is 0.810. The maximum Gasteiger partial charge on any atom is 0.191 e. The van der Waals surface area contributed by atoms with Crippen molar-refractivity contribution in [3.8, 4) is 0 Å². The van der Waals surface area contributed by atoms with Crippen LogP contribution in [0.25, 0.3) is 0 Å². The Kier molecular flexibility index (Phi) is 9.25. The number of guanidine groups is 1. The maximum absolute atomic E-state index is 5.67. The number of piperidine rings is 1. The summed E-state index contributed by atoms with van der Waals surface area (Å²) >= 11 is 0. The van der Waals surface area contributed by atoms with E-state index in [1.54, 1.807) is 0 Å². The number of aliphatic imine (C=N–C) groups is 1. The van der Waals surface area contributed by atoms with Gasteiger partial charge in [0, 0.05) is 57.6 Å². The second-order valence-electron chi connectivity index (χ2n) is 7.81. The molecule has 7 heteroatoms. The summed E-state index contributed by atoms with van der Waals surface area (Å²) in [4.78, 5) is 6.93. The molecule has 0 radical (unpaired) electrons. The first-order valence-electron chi connectivity index (χ1n) is 10.8. The SMILES string of the molecule is CCc1nn(C)c(CC)c1CNC(=NC)NC1CCN(CCOC(C)C)CC1. The molecule has 0 aromatic carbocycles. The van der Waals surface area contributed by atoms with Gasteiger partial charge in [0.15, 0.2) is 5.96 Å². The Labute approximate surface area is 170 Å². The molecule has 1 saturated heterocycles. The van der Waals surface area contributed by atoms with Gasteiger partial charge in [-0.3, -0.25) is 9.67 Å². The molecule has 2 rings (SSSR count). The van der Waals surface area contributed by atoms with Crippen LogP contribution >= 0.6 is 0 Å². The van der Waals surface area contributed by atoms with E-state index in [1.807, 2.05) is 18.8 Å². The third-order valence-corrected chi connectivity index (χ3v) is 5.47. The summed E-state index contributed by atoms with van der Waals surface area (Å²) in [6.45, 7) is 13.4. The van der Waals surface area contributed by atoms with E-state index < -0.39 is 0 Å². The van der Waals surface area contributed by atoms with E-state index in [1.165, 1.54) is 17.0 Å². The van der Waals surface area contributed by atoms with Crippen molar-refractivity contribution >= 4 is 5.96 Å². The Morgan fingerprint density at radius 1 is 1.25 bits per heavy atom. The standard InChI is InChI=1S/C21H40N6O/c1-7-19-18(20(8-2)26(6)25-19)15-23-21(22-5)24-17-9-11-27(12-10-17)13-14-28-16(3)4/h16-17H,7-15H2,1-6H3,(H2,22,23,24). The highest BCUT2D eigenvalue weighted by atomic mass is 16.5. The lowest BCUT2D eigenvalue weighted by Crippen LogP contribution is -2.49. The van der Waals surface area contributed by atoms with Gasteiger partial charge in [0.1, 0.15) is 0 Å². The first-order valence-corrected chi connectivity index (χ1v) is 10.8. The molecular weight excluding hydrogens is 352 g/mol. The smallest absolute Gasteiger partial charge is 0.191 e. The third-order valence-electron chi connectivity index (χ3n) is 5.47. The van der Waals surface area contributed by atoms with Crippen molar-refractivity contribution in [2.24, 2.45) is 12.0 Å². The highest BCUT2D eigenvalue weighted by molar-refractivity contribution is 5.80. The minimum atomic E-state index is 0.315. The van der Waals surface area contributed by atoms with Gasteiger partial charge in [-0.2, -0.15) is 5.10 Å². The maximum atomic E-state index is 5.67. The van der Waals surface area contributed by atoms with E-state index in [-0.39, 0.29) is 0 Å². The zero-order chi connectivity index (χ0) is 20.5. The molecule has 1 aliphatic heterocycles. The number of likely N-dealkylation sites (tertiary alicyclic amines) is 1. The molecule has 7 nitrogen and oxygen atoms in total. The zero-order valence-electron chi connectivity index (χ0n) is 18.7. The van der Waals surface area contributed by atoms with E-state index in [9.17, 15) is 0 Å². The zero-order valence-corrected chi connectivity index (χ0v) is 18.7. The van der Waals surface area contributed by atoms with Crippen molar-refractivity contribution < 1.29 is 4.74 Å². The van der Waals surface area contributed by atoms with Crippen molar-refractivity contribution in [2.45, 2.75) is 72.1 Å². The molecule has 28 heavy (non-hydrogen) atoms. The van der Waals surface area contributed by atoms with Crippen LogP contribution in [0.5, 0.6) is 0 Å². The summed E-state index contributed by atoms with van der Waals surface area (Å²) in [6, 6.07) is 0.471. The summed E-state index contributed by atoms with van der Waals surface area (Å²) < 4.78 is 7.69. The van der Waals surface area contributed by atoms with Gasteiger partial charge < -0.3 is 20.3 Å². The summed E-state index contributed by atoms with van der Waals surface area (Å²) in [5.41, 5.74) is 3.80. The van der Waals surface area contributed by atoms with Crippen LogP contribution in [0.1, 0.15) is 57.5 Å². The van der Waals surface area contributed by atoms with Gasteiger partial charge in [-0.25, -0.2) is 0 Å². The van der Waals surface area contributed by atoms with E-state index in [2.05, 4.69) is 53.3 Å². The highest BCUT2D eigenvalue weighted by Gasteiger charge is 2.20. The molecule has 0 saturated carbocycles. The number of aryl methyl sites for hydroxylation is 2. The van der Waals surface area contributed by atoms with Gasteiger partial charge in [0.2, 0.25) is 0 Å². The van der Waals surface area contributed by atoms with Gasteiger partial charge in [-0.1, -0.05) is 13.8 Å². The van der Waals surface area contributed by atoms with Crippen LogP contribution in [-0.2, 0) is 31.2 Å². The Morgan fingerprint density at radius 2 is 1.96 bits per heavy atom. The third kappa shape index (κ3) is 6.48. The van der Waals surface area contributed by atoms with Gasteiger partial charge in [0.25, 0.3) is 0 Å². The Balaban J connectivity index is 1.80. The number of aromatic nitrogens is 2. The average Bonchev–Trinajstić information content (AvgIpc) is 3.00. The Morgan fingerprint density at radius 3 is 2.54 bits per heavy atom. The highest BCUT2D eigenvalue weighted by Crippen LogP contribution is 2.15. The number of hydrogen-bond acceptors (Lipinski definition) is 4. The molecule has 0 amide bonds. The molecule has 1 aromatic rings. The Bertz CT molecular complexity index is 617. The molecule has 1 fully saturated rings. The topological polar surface area (TPSA) is 66.7 Å². The molecule has 2 heterocycles. The number of hydrogen-bond donors (Lipinski definition) is 2. The van der Waals surface area contributed by atoms with Gasteiger partial charge >= 0.3 is 0 Å². The fourth-order valence-electron chi connectivity index (χ4n) is 3.87. The van der Waals surface area contributed by atoms with Crippen LogP contribution in [0, 0.1) is 0 Å². The second kappa shape index (κ2) is 11.4. The quantitative estimate of drug-likeness (QED) is 0.498. The lowest BCUT2D eigenvalue weighted by atomic mass is 10.1. The number of rotatable bonds is 9. The van der Waals surface area contributed by atoms with E-state index >= 15 is 0 Å². The number of nitrogens with one attached hydrogen (secondary N) is 2. The average molecular weight is 393 g/mol. The second-order valence-corrected chi connectivity index (χ2v) is 7.81.